The van der Waals surface area contributed by atoms with Crippen molar-refractivity contribution in [2.75, 3.05) is 26.0 Å². The van der Waals surface area contributed by atoms with Crippen molar-refractivity contribution in [1.29, 1.82) is 0 Å². The molecule has 0 fully saturated rings. The molecule has 0 aliphatic rings. The van der Waals surface area contributed by atoms with Gasteiger partial charge in [0.05, 0.1) is 11.4 Å². The molecule has 0 spiro atoms. The van der Waals surface area contributed by atoms with Crippen LogP contribution in [-0.4, -0.2) is 45.2 Å². The number of amides is 2. The summed E-state index contributed by atoms with van der Waals surface area (Å²) in [7, 11) is -0.855. The van der Waals surface area contributed by atoms with Crippen LogP contribution >= 0.6 is 0 Å². The normalized spacial score (nSPS) is 11.2. The van der Waals surface area contributed by atoms with Gasteiger partial charge in [-0.1, -0.05) is 18.2 Å². The molecule has 0 saturated heterocycles. The summed E-state index contributed by atoms with van der Waals surface area (Å²) >= 11 is 0. The largest absolute Gasteiger partial charge is 0.355 e. The van der Waals surface area contributed by atoms with Gasteiger partial charge in [0.25, 0.3) is 5.91 Å². The molecular formula is C17H19N3O4S. The van der Waals surface area contributed by atoms with E-state index in [0.29, 0.717) is 11.3 Å². The van der Waals surface area contributed by atoms with Crippen LogP contribution in [0.1, 0.15) is 10.4 Å². The number of anilines is 1. The number of hydrogen-bond acceptors (Lipinski definition) is 4. The maximum Gasteiger partial charge on any atom is 0.251 e. The van der Waals surface area contributed by atoms with Crippen LogP contribution < -0.4 is 10.6 Å². The number of carbonyl (C=O) groups is 2. The summed E-state index contributed by atoms with van der Waals surface area (Å²) in [6.45, 7) is -0.325. The summed E-state index contributed by atoms with van der Waals surface area (Å²) in [6, 6.07) is 14.2. The number of hydrogen-bond donors (Lipinski definition) is 2. The first-order valence-electron chi connectivity index (χ1n) is 7.48. The Morgan fingerprint density at radius 2 is 1.60 bits per heavy atom. The van der Waals surface area contributed by atoms with Crippen LogP contribution in [0.15, 0.2) is 59.5 Å². The summed E-state index contributed by atoms with van der Waals surface area (Å²) in [4.78, 5) is 23.7. The van der Waals surface area contributed by atoms with Gasteiger partial charge in [-0.25, -0.2) is 8.42 Å². The fourth-order valence-corrected chi connectivity index (χ4v) is 3.26. The summed E-state index contributed by atoms with van der Waals surface area (Å²) < 4.78 is 25.7. The Bertz CT molecular complexity index is 849. The lowest BCUT2D eigenvalue weighted by atomic mass is 10.2. The van der Waals surface area contributed by atoms with Gasteiger partial charge < -0.3 is 10.6 Å². The van der Waals surface area contributed by atoms with Crippen LogP contribution in [0.5, 0.6) is 0 Å². The quantitative estimate of drug-likeness (QED) is 0.811. The highest BCUT2D eigenvalue weighted by Crippen LogP contribution is 2.14. The summed E-state index contributed by atoms with van der Waals surface area (Å²) in [5, 5.41) is 5.10. The Morgan fingerprint density at radius 1 is 1.00 bits per heavy atom. The van der Waals surface area contributed by atoms with E-state index in [-0.39, 0.29) is 17.3 Å². The summed E-state index contributed by atoms with van der Waals surface area (Å²) in [6.07, 6.45) is 0. The molecular weight excluding hydrogens is 342 g/mol. The molecule has 0 saturated carbocycles. The minimum Gasteiger partial charge on any atom is -0.355 e. The molecule has 8 heteroatoms. The molecule has 2 amide bonds. The third-order valence-electron chi connectivity index (χ3n) is 3.48. The lowest BCUT2D eigenvalue weighted by Crippen LogP contribution is -2.34. The standard InChI is InChI=1S/C17H19N3O4S/c1-18-17(22)13-8-10-14(11-9-13)19-16(21)12-20(2)25(23,24)15-6-4-3-5-7-15/h3-11H,12H2,1-2H3,(H,18,22)(H,19,21). The molecule has 0 radical (unpaired) electrons. The molecule has 0 bridgehead atoms. The molecule has 25 heavy (non-hydrogen) atoms. The summed E-state index contributed by atoms with van der Waals surface area (Å²) in [5.74, 6) is -0.707. The topological polar surface area (TPSA) is 95.6 Å². The van der Waals surface area contributed by atoms with Crippen molar-refractivity contribution in [3.05, 3.63) is 60.2 Å². The monoisotopic (exact) mass is 361 g/mol. The lowest BCUT2D eigenvalue weighted by molar-refractivity contribution is -0.116. The van der Waals surface area contributed by atoms with Gasteiger partial charge in [-0.05, 0) is 36.4 Å². The van der Waals surface area contributed by atoms with Crippen LogP contribution in [0.4, 0.5) is 5.69 Å². The van der Waals surface area contributed by atoms with Crippen molar-refractivity contribution < 1.29 is 18.0 Å². The molecule has 0 aliphatic heterocycles. The van der Waals surface area contributed by atoms with Gasteiger partial charge in [-0.2, -0.15) is 4.31 Å². The number of carbonyl (C=O) groups excluding carboxylic acids is 2. The van der Waals surface area contributed by atoms with Crippen molar-refractivity contribution in [2.24, 2.45) is 0 Å². The number of nitrogens with zero attached hydrogens (tertiary/aromatic N) is 1. The maximum atomic E-state index is 12.4. The molecule has 7 nitrogen and oxygen atoms in total. The van der Waals surface area contributed by atoms with Crippen molar-refractivity contribution in [1.82, 2.24) is 9.62 Å². The van der Waals surface area contributed by atoms with Gasteiger partial charge in [0.2, 0.25) is 15.9 Å². The fourth-order valence-electron chi connectivity index (χ4n) is 2.11. The van der Waals surface area contributed by atoms with E-state index in [1.807, 2.05) is 0 Å². The predicted octanol–water partition coefficient (Wildman–Crippen LogP) is 1.31. The number of benzene rings is 2. The van der Waals surface area contributed by atoms with E-state index >= 15 is 0 Å². The zero-order valence-corrected chi connectivity index (χ0v) is 14.7. The van der Waals surface area contributed by atoms with Crippen molar-refractivity contribution >= 4 is 27.5 Å². The molecule has 0 unspecified atom stereocenters. The van der Waals surface area contributed by atoms with E-state index < -0.39 is 15.9 Å². The molecule has 0 atom stereocenters. The molecule has 2 aromatic carbocycles. The third kappa shape index (κ3) is 4.65. The Labute approximate surface area is 146 Å². The second-order valence-electron chi connectivity index (χ2n) is 5.28. The molecule has 0 aliphatic carbocycles. The highest BCUT2D eigenvalue weighted by atomic mass is 32.2. The van der Waals surface area contributed by atoms with E-state index in [2.05, 4.69) is 10.6 Å². The Hall–Kier alpha value is -2.71. The predicted molar refractivity (Wildman–Crippen MR) is 94.7 cm³/mol. The number of sulfonamides is 1. The molecule has 2 N–H and O–H groups in total. The van der Waals surface area contributed by atoms with Crippen LogP contribution in [0.3, 0.4) is 0 Å². The zero-order chi connectivity index (χ0) is 18.4. The molecule has 132 valence electrons. The first kappa shape index (κ1) is 18.6. The van der Waals surface area contributed by atoms with E-state index in [9.17, 15) is 18.0 Å². The zero-order valence-electron chi connectivity index (χ0n) is 13.9. The van der Waals surface area contributed by atoms with E-state index in [1.54, 1.807) is 42.5 Å². The van der Waals surface area contributed by atoms with E-state index in [4.69, 9.17) is 0 Å². The molecule has 0 aromatic heterocycles. The smallest absolute Gasteiger partial charge is 0.251 e. The van der Waals surface area contributed by atoms with Gasteiger partial charge in [0.15, 0.2) is 0 Å². The highest BCUT2D eigenvalue weighted by Gasteiger charge is 2.22. The maximum absolute atomic E-state index is 12.4. The molecule has 2 rings (SSSR count). The van der Waals surface area contributed by atoms with Crippen molar-refractivity contribution in [3.8, 4) is 0 Å². The van der Waals surface area contributed by atoms with E-state index in [1.165, 1.54) is 26.2 Å². The SMILES string of the molecule is CNC(=O)c1ccc(NC(=O)CN(C)S(=O)(=O)c2ccccc2)cc1. The van der Waals surface area contributed by atoms with Gasteiger partial charge in [0.1, 0.15) is 0 Å². The Kier molecular flexibility index (Phi) is 5.89. The second-order valence-corrected chi connectivity index (χ2v) is 7.32. The second kappa shape index (κ2) is 7.91. The Morgan fingerprint density at radius 3 is 2.16 bits per heavy atom. The van der Waals surface area contributed by atoms with Gasteiger partial charge >= 0.3 is 0 Å². The summed E-state index contributed by atoms with van der Waals surface area (Å²) in [5.41, 5.74) is 0.937. The average molecular weight is 361 g/mol. The minimum absolute atomic E-state index is 0.125. The first-order chi connectivity index (χ1) is 11.8. The average Bonchev–Trinajstić information content (AvgIpc) is 2.62. The van der Waals surface area contributed by atoms with Crippen molar-refractivity contribution in [3.63, 3.8) is 0 Å². The fraction of sp³-hybridized carbons (Fsp3) is 0.176. The first-order valence-corrected chi connectivity index (χ1v) is 8.92. The van der Waals surface area contributed by atoms with Gasteiger partial charge in [-0.15, -0.1) is 0 Å². The number of nitrogens with one attached hydrogen (secondary N) is 2. The Balaban J connectivity index is 2.01. The minimum atomic E-state index is -3.73. The molecule has 2 aromatic rings. The van der Waals surface area contributed by atoms with Crippen LogP contribution in [0, 0.1) is 0 Å². The van der Waals surface area contributed by atoms with Gasteiger partial charge in [-0.3, -0.25) is 9.59 Å². The van der Waals surface area contributed by atoms with Crippen molar-refractivity contribution in [2.45, 2.75) is 4.90 Å². The van der Waals surface area contributed by atoms with Crippen LogP contribution in [0.25, 0.3) is 0 Å². The lowest BCUT2D eigenvalue weighted by Gasteiger charge is -2.17. The number of rotatable bonds is 6. The van der Waals surface area contributed by atoms with Crippen LogP contribution in [-0.2, 0) is 14.8 Å². The van der Waals surface area contributed by atoms with Gasteiger partial charge in [0, 0.05) is 25.3 Å². The van der Waals surface area contributed by atoms with E-state index in [0.717, 1.165) is 4.31 Å². The number of likely N-dealkylation sites (N-methyl/N-ethyl adjacent to an activating group) is 1. The third-order valence-corrected chi connectivity index (χ3v) is 5.29. The highest BCUT2D eigenvalue weighted by molar-refractivity contribution is 7.89. The molecule has 0 heterocycles. The van der Waals surface area contributed by atoms with Crippen LogP contribution in [0.2, 0.25) is 0 Å².